The summed E-state index contributed by atoms with van der Waals surface area (Å²) >= 11 is 6.41. The topological polar surface area (TPSA) is 20.3 Å². The van der Waals surface area contributed by atoms with Gasteiger partial charge in [0, 0.05) is 13.1 Å². The van der Waals surface area contributed by atoms with Gasteiger partial charge in [0.15, 0.2) is 0 Å². The molecule has 19 heavy (non-hydrogen) atoms. The van der Waals surface area contributed by atoms with Gasteiger partial charge in [0.2, 0.25) is 5.91 Å². The fourth-order valence-electron chi connectivity index (χ4n) is 2.69. The highest BCUT2D eigenvalue weighted by Gasteiger charge is 2.25. The summed E-state index contributed by atoms with van der Waals surface area (Å²) in [5, 5.41) is -0.543. The highest BCUT2D eigenvalue weighted by molar-refractivity contribution is 6.30. The molecule has 0 aliphatic carbocycles. The standard InChI is InChI=1S/C16H22ClNO/c1-12-7-8-14(13(2)11-12)15(17)16(19)18-9-5-3-4-6-10-18/h7-8,11,15H,3-6,9-10H2,1-2H3. The zero-order valence-corrected chi connectivity index (χ0v) is 12.5. The monoisotopic (exact) mass is 279 g/mol. The number of amides is 1. The van der Waals surface area contributed by atoms with Gasteiger partial charge in [0.25, 0.3) is 0 Å². The normalized spacial score (nSPS) is 17.9. The summed E-state index contributed by atoms with van der Waals surface area (Å²) in [6.45, 7) is 5.78. The number of carbonyl (C=O) groups is 1. The van der Waals surface area contributed by atoms with Crippen LogP contribution in [0.2, 0.25) is 0 Å². The zero-order valence-electron chi connectivity index (χ0n) is 11.8. The molecule has 1 aromatic carbocycles. The molecule has 1 aromatic rings. The first kappa shape index (κ1) is 14.4. The van der Waals surface area contributed by atoms with Gasteiger partial charge in [0.05, 0.1) is 0 Å². The van der Waals surface area contributed by atoms with Crippen LogP contribution in [0.15, 0.2) is 18.2 Å². The number of carbonyl (C=O) groups excluding carboxylic acids is 1. The van der Waals surface area contributed by atoms with Gasteiger partial charge < -0.3 is 4.90 Å². The van der Waals surface area contributed by atoms with Crippen molar-refractivity contribution in [2.75, 3.05) is 13.1 Å². The lowest BCUT2D eigenvalue weighted by atomic mass is 10.0. The maximum atomic E-state index is 12.5. The first-order valence-electron chi connectivity index (χ1n) is 7.09. The molecule has 1 saturated heterocycles. The van der Waals surface area contributed by atoms with Gasteiger partial charge in [-0.15, -0.1) is 11.6 Å². The van der Waals surface area contributed by atoms with Gasteiger partial charge in [-0.2, -0.15) is 0 Å². The second-order valence-electron chi connectivity index (χ2n) is 5.46. The minimum Gasteiger partial charge on any atom is -0.341 e. The van der Waals surface area contributed by atoms with Crippen LogP contribution in [-0.2, 0) is 4.79 Å². The van der Waals surface area contributed by atoms with E-state index in [9.17, 15) is 4.79 Å². The predicted molar refractivity (Wildman–Crippen MR) is 79.6 cm³/mol. The fourth-order valence-corrected chi connectivity index (χ4v) is 3.08. The molecule has 0 spiro atoms. The summed E-state index contributed by atoms with van der Waals surface area (Å²) < 4.78 is 0. The van der Waals surface area contributed by atoms with E-state index in [2.05, 4.69) is 13.0 Å². The van der Waals surface area contributed by atoms with Gasteiger partial charge in [-0.1, -0.05) is 36.6 Å². The fraction of sp³-hybridized carbons (Fsp3) is 0.562. The summed E-state index contributed by atoms with van der Waals surface area (Å²) in [7, 11) is 0. The van der Waals surface area contributed by atoms with Crippen molar-refractivity contribution in [3.8, 4) is 0 Å². The highest BCUT2D eigenvalue weighted by atomic mass is 35.5. The molecular weight excluding hydrogens is 258 g/mol. The summed E-state index contributed by atoms with van der Waals surface area (Å²) in [4.78, 5) is 14.4. The Labute approximate surface area is 120 Å². The van der Waals surface area contributed by atoms with Gasteiger partial charge in [0.1, 0.15) is 5.38 Å². The quantitative estimate of drug-likeness (QED) is 0.750. The summed E-state index contributed by atoms with van der Waals surface area (Å²) in [5.74, 6) is 0.0653. The number of nitrogens with zero attached hydrogens (tertiary/aromatic N) is 1. The Morgan fingerprint density at radius 1 is 1.16 bits per heavy atom. The Balaban J connectivity index is 2.13. The van der Waals surface area contributed by atoms with E-state index in [1.54, 1.807) is 0 Å². The molecule has 1 fully saturated rings. The van der Waals surface area contributed by atoms with E-state index in [0.29, 0.717) is 0 Å². The van der Waals surface area contributed by atoms with Crippen molar-refractivity contribution >= 4 is 17.5 Å². The Morgan fingerprint density at radius 3 is 2.37 bits per heavy atom. The van der Waals surface area contributed by atoms with Crippen molar-refractivity contribution in [2.24, 2.45) is 0 Å². The lowest BCUT2D eigenvalue weighted by molar-refractivity contribution is -0.130. The van der Waals surface area contributed by atoms with Crippen molar-refractivity contribution in [3.63, 3.8) is 0 Å². The second-order valence-corrected chi connectivity index (χ2v) is 5.90. The van der Waals surface area contributed by atoms with E-state index in [0.717, 1.165) is 37.1 Å². The Morgan fingerprint density at radius 2 is 1.79 bits per heavy atom. The molecule has 0 aromatic heterocycles. The van der Waals surface area contributed by atoms with Gasteiger partial charge in [-0.25, -0.2) is 0 Å². The maximum absolute atomic E-state index is 12.5. The van der Waals surface area contributed by atoms with Crippen LogP contribution in [0.3, 0.4) is 0 Å². The molecular formula is C16H22ClNO. The molecule has 1 aliphatic rings. The predicted octanol–water partition coefficient (Wildman–Crippen LogP) is 3.99. The molecule has 1 heterocycles. The van der Waals surface area contributed by atoms with E-state index >= 15 is 0 Å². The van der Waals surface area contributed by atoms with E-state index in [-0.39, 0.29) is 5.91 Å². The minimum atomic E-state index is -0.543. The number of alkyl halides is 1. The van der Waals surface area contributed by atoms with Crippen LogP contribution in [0.25, 0.3) is 0 Å². The van der Waals surface area contributed by atoms with E-state index in [1.807, 2.05) is 24.0 Å². The summed E-state index contributed by atoms with van der Waals surface area (Å²) in [6.07, 6.45) is 4.64. The van der Waals surface area contributed by atoms with Crippen LogP contribution in [0.5, 0.6) is 0 Å². The molecule has 3 heteroatoms. The average Bonchev–Trinajstić information content (AvgIpc) is 2.66. The van der Waals surface area contributed by atoms with Crippen molar-refractivity contribution in [1.29, 1.82) is 0 Å². The van der Waals surface area contributed by atoms with Crippen molar-refractivity contribution in [3.05, 3.63) is 34.9 Å². The highest BCUT2D eigenvalue weighted by Crippen LogP contribution is 2.27. The smallest absolute Gasteiger partial charge is 0.245 e. The molecule has 1 unspecified atom stereocenters. The lowest BCUT2D eigenvalue weighted by Gasteiger charge is -2.24. The molecule has 0 bridgehead atoms. The van der Waals surface area contributed by atoms with E-state index < -0.39 is 5.38 Å². The maximum Gasteiger partial charge on any atom is 0.245 e. The Hall–Kier alpha value is -1.02. The molecule has 0 N–H and O–H groups in total. The van der Waals surface area contributed by atoms with Crippen LogP contribution in [0.4, 0.5) is 0 Å². The third-order valence-corrected chi connectivity index (χ3v) is 4.25. The van der Waals surface area contributed by atoms with E-state index in [1.165, 1.54) is 18.4 Å². The number of aryl methyl sites for hydroxylation is 2. The molecule has 1 amide bonds. The molecule has 2 rings (SSSR count). The van der Waals surface area contributed by atoms with E-state index in [4.69, 9.17) is 11.6 Å². The van der Waals surface area contributed by atoms with Crippen LogP contribution >= 0.6 is 11.6 Å². The SMILES string of the molecule is Cc1ccc(C(Cl)C(=O)N2CCCCCC2)c(C)c1. The first-order valence-corrected chi connectivity index (χ1v) is 7.53. The second kappa shape index (κ2) is 6.42. The van der Waals surface area contributed by atoms with Gasteiger partial charge in [-0.05, 0) is 37.8 Å². The lowest BCUT2D eigenvalue weighted by Crippen LogP contribution is -2.34. The molecule has 2 nitrogen and oxygen atoms in total. The molecule has 104 valence electrons. The largest absolute Gasteiger partial charge is 0.341 e. The van der Waals surface area contributed by atoms with Crippen LogP contribution in [0.1, 0.15) is 47.8 Å². The third-order valence-electron chi connectivity index (χ3n) is 3.83. The van der Waals surface area contributed by atoms with Crippen molar-refractivity contribution < 1.29 is 4.79 Å². The van der Waals surface area contributed by atoms with Crippen LogP contribution < -0.4 is 0 Å². The molecule has 1 aliphatic heterocycles. The third kappa shape index (κ3) is 3.50. The molecule has 0 saturated carbocycles. The van der Waals surface area contributed by atoms with Gasteiger partial charge >= 0.3 is 0 Å². The number of halogens is 1. The van der Waals surface area contributed by atoms with Crippen LogP contribution in [-0.4, -0.2) is 23.9 Å². The first-order chi connectivity index (χ1) is 9.09. The summed E-state index contributed by atoms with van der Waals surface area (Å²) in [6, 6.07) is 6.09. The van der Waals surface area contributed by atoms with Crippen molar-refractivity contribution in [1.82, 2.24) is 4.90 Å². The Kier molecular flexibility index (Phi) is 4.87. The number of benzene rings is 1. The zero-order chi connectivity index (χ0) is 13.8. The number of hydrogen-bond donors (Lipinski definition) is 0. The minimum absolute atomic E-state index is 0.0653. The Bertz CT molecular complexity index is 450. The number of hydrogen-bond acceptors (Lipinski definition) is 1. The molecule has 0 radical (unpaired) electrons. The van der Waals surface area contributed by atoms with Crippen molar-refractivity contribution in [2.45, 2.75) is 44.9 Å². The number of likely N-dealkylation sites (tertiary alicyclic amines) is 1. The average molecular weight is 280 g/mol. The van der Waals surface area contributed by atoms with Gasteiger partial charge in [-0.3, -0.25) is 4.79 Å². The summed E-state index contributed by atoms with van der Waals surface area (Å²) in [5.41, 5.74) is 3.25. The number of rotatable bonds is 2. The van der Waals surface area contributed by atoms with Crippen LogP contribution in [0, 0.1) is 13.8 Å². The molecule has 1 atom stereocenters.